The number of aromatic nitrogens is 1. The van der Waals surface area contributed by atoms with E-state index in [2.05, 4.69) is 15.0 Å². The van der Waals surface area contributed by atoms with Crippen LogP contribution in [-0.2, 0) is 13.0 Å². The van der Waals surface area contributed by atoms with Gasteiger partial charge in [0.15, 0.2) is 5.13 Å². The van der Waals surface area contributed by atoms with Gasteiger partial charge < -0.3 is 14.1 Å². The summed E-state index contributed by atoms with van der Waals surface area (Å²) in [6.45, 7) is 0.708. The standard InChI is InChI=1S/C19H14F3N3O4S/c20-19(21,22)29-13-3-1-11(2-4-13)17(27)25-7-5-14-15(9-25)30-18(23-14)24-16(26)12-6-8-28-10-12/h1-4,6,8,10H,5,7,9H2,(H,23,24,26). The Balaban J connectivity index is 1.42. The first kappa shape index (κ1) is 20.0. The van der Waals surface area contributed by atoms with Crippen LogP contribution in [0.15, 0.2) is 47.3 Å². The van der Waals surface area contributed by atoms with Gasteiger partial charge in [-0.1, -0.05) is 11.3 Å². The molecule has 3 aromatic rings. The predicted octanol–water partition coefficient (Wildman–Crippen LogP) is 4.09. The average Bonchev–Trinajstić information content (AvgIpc) is 3.35. The van der Waals surface area contributed by atoms with E-state index in [9.17, 15) is 22.8 Å². The molecular weight excluding hydrogens is 423 g/mol. The lowest BCUT2D eigenvalue weighted by molar-refractivity contribution is -0.274. The van der Waals surface area contributed by atoms with Crippen molar-refractivity contribution in [2.45, 2.75) is 19.3 Å². The molecule has 3 heterocycles. The highest BCUT2D eigenvalue weighted by Crippen LogP contribution is 2.30. The minimum Gasteiger partial charge on any atom is -0.472 e. The van der Waals surface area contributed by atoms with E-state index in [0.717, 1.165) is 22.7 Å². The number of carbonyl (C=O) groups excluding carboxylic acids is 2. The minimum atomic E-state index is -4.79. The number of carbonyl (C=O) groups is 2. The molecule has 0 bridgehead atoms. The molecule has 1 N–H and O–H groups in total. The van der Waals surface area contributed by atoms with Crippen LogP contribution in [0, 0.1) is 0 Å². The van der Waals surface area contributed by atoms with Gasteiger partial charge in [0.25, 0.3) is 11.8 Å². The number of thiazole rings is 1. The van der Waals surface area contributed by atoms with Gasteiger partial charge in [0.05, 0.1) is 24.1 Å². The number of anilines is 1. The predicted molar refractivity (Wildman–Crippen MR) is 100 cm³/mol. The first-order valence-electron chi connectivity index (χ1n) is 8.76. The fourth-order valence-electron chi connectivity index (χ4n) is 2.97. The van der Waals surface area contributed by atoms with Crippen LogP contribution in [0.1, 0.15) is 31.3 Å². The molecule has 4 rings (SSSR count). The van der Waals surface area contributed by atoms with Crippen molar-refractivity contribution in [2.24, 2.45) is 0 Å². The topological polar surface area (TPSA) is 84.7 Å². The molecule has 0 spiro atoms. The second-order valence-electron chi connectivity index (χ2n) is 6.40. The van der Waals surface area contributed by atoms with E-state index in [1.54, 1.807) is 4.90 Å². The van der Waals surface area contributed by atoms with Crippen molar-refractivity contribution in [1.29, 1.82) is 0 Å². The molecule has 0 aliphatic carbocycles. The van der Waals surface area contributed by atoms with Gasteiger partial charge in [-0.25, -0.2) is 4.98 Å². The Morgan fingerprint density at radius 3 is 2.60 bits per heavy atom. The number of ether oxygens (including phenoxy) is 1. The van der Waals surface area contributed by atoms with E-state index in [1.807, 2.05) is 0 Å². The SMILES string of the molecule is O=C(Nc1nc2c(s1)CN(C(=O)c1ccc(OC(F)(F)F)cc1)CC2)c1ccoc1. The third kappa shape index (κ3) is 4.46. The molecule has 0 fully saturated rings. The summed E-state index contributed by atoms with van der Waals surface area (Å²) in [5.41, 5.74) is 1.43. The lowest BCUT2D eigenvalue weighted by Gasteiger charge is -2.26. The Hall–Kier alpha value is -3.34. The van der Waals surface area contributed by atoms with E-state index >= 15 is 0 Å². The van der Waals surface area contributed by atoms with Crippen molar-refractivity contribution < 1.29 is 31.9 Å². The zero-order chi connectivity index (χ0) is 21.3. The maximum atomic E-state index is 12.7. The summed E-state index contributed by atoms with van der Waals surface area (Å²) in [7, 11) is 0. The number of hydrogen-bond donors (Lipinski definition) is 1. The zero-order valence-electron chi connectivity index (χ0n) is 15.2. The summed E-state index contributed by atoms with van der Waals surface area (Å²) >= 11 is 1.27. The van der Waals surface area contributed by atoms with Crippen molar-refractivity contribution in [1.82, 2.24) is 9.88 Å². The summed E-state index contributed by atoms with van der Waals surface area (Å²) in [5.74, 6) is -1.04. The molecule has 156 valence electrons. The van der Waals surface area contributed by atoms with Gasteiger partial charge in [-0.2, -0.15) is 0 Å². The average molecular weight is 437 g/mol. The van der Waals surface area contributed by atoms with E-state index in [0.29, 0.717) is 30.2 Å². The maximum absolute atomic E-state index is 12.7. The van der Waals surface area contributed by atoms with Crippen LogP contribution in [0.2, 0.25) is 0 Å². The number of benzene rings is 1. The smallest absolute Gasteiger partial charge is 0.472 e. The summed E-state index contributed by atoms with van der Waals surface area (Å²) < 4.78 is 45.5. The summed E-state index contributed by atoms with van der Waals surface area (Å²) in [6, 6.07) is 6.33. The largest absolute Gasteiger partial charge is 0.573 e. The van der Waals surface area contributed by atoms with Gasteiger partial charge in [-0.3, -0.25) is 14.9 Å². The second-order valence-corrected chi connectivity index (χ2v) is 7.49. The van der Waals surface area contributed by atoms with Crippen molar-refractivity contribution in [3.05, 3.63) is 64.6 Å². The van der Waals surface area contributed by atoms with Gasteiger partial charge in [0, 0.05) is 23.4 Å². The van der Waals surface area contributed by atoms with Gasteiger partial charge >= 0.3 is 6.36 Å². The van der Waals surface area contributed by atoms with E-state index in [-0.39, 0.29) is 23.1 Å². The van der Waals surface area contributed by atoms with E-state index in [1.165, 1.54) is 42.1 Å². The summed E-state index contributed by atoms with van der Waals surface area (Å²) in [5, 5.41) is 3.13. The highest BCUT2D eigenvalue weighted by Gasteiger charge is 2.31. The van der Waals surface area contributed by atoms with E-state index in [4.69, 9.17) is 4.42 Å². The first-order valence-corrected chi connectivity index (χ1v) is 9.57. The fraction of sp³-hybridized carbons (Fsp3) is 0.211. The van der Waals surface area contributed by atoms with Gasteiger partial charge in [-0.05, 0) is 30.3 Å². The van der Waals surface area contributed by atoms with Crippen molar-refractivity contribution >= 4 is 28.3 Å². The Morgan fingerprint density at radius 1 is 1.17 bits per heavy atom. The second kappa shape index (κ2) is 7.82. The first-order chi connectivity index (χ1) is 14.3. The molecule has 11 heteroatoms. The van der Waals surface area contributed by atoms with Crippen LogP contribution in [-0.4, -0.2) is 34.6 Å². The zero-order valence-corrected chi connectivity index (χ0v) is 16.0. The molecule has 1 aromatic carbocycles. The molecule has 1 aliphatic rings. The van der Waals surface area contributed by atoms with Crippen molar-refractivity contribution in [3.8, 4) is 5.75 Å². The van der Waals surface area contributed by atoms with Crippen LogP contribution in [0.25, 0.3) is 0 Å². The van der Waals surface area contributed by atoms with E-state index < -0.39 is 6.36 Å². The van der Waals surface area contributed by atoms with Crippen LogP contribution in [0.4, 0.5) is 18.3 Å². The normalized spacial score (nSPS) is 13.6. The number of fused-ring (bicyclic) bond motifs is 1. The quantitative estimate of drug-likeness (QED) is 0.665. The summed E-state index contributed by atoms with van der Waals surface area (Å²) in [6.07, 6.45) is -1.55. The lowest BCUT2D eigenvalue weighted by Crippen LogP contribution is -2.35. The number of nitrogens with one attached hydrogen (secondary N) is 1. The molecular formula is C19H14F3N3O4S. The molecule has 7 nitrogen and oxygen atoms in total. The molecule has 0 saturated carbocycles. The summed E-state index contributed by atoms with van der Waals surface area (Å²) in [4.78, 5) is 31.7. The Labute approximate surface area is 172 Å². The molecule has 1 aliphatic heterocycles. The van der Waals surface area contributed by atoms with Gasteiger partial charge in [0.2, 0.25) is 0 Å². The Kier molecular flexibility index (Phi) is 5.20. The molecule has 2 amide bonds. The number of nitrogens with zero attached hydrogens (tertiary/aromatic N) is 2. The monoisotopic (exact) mass is 437 g/mol. The van der Waals surface area contributed by atoms with Gasteiger partial charge in [-0.15, -0.1) is 13.2 Å². The third-order valence-electron chi connectivity index (χ3n) is 4.36. The highest BCUT2D eigenvalue weighted by molar-refractivity contribution is 7.15. The molecule has 0 atom stereocenters. The third-order valence-corrected chi connectivity index (χ3v) is 5.35. The number of rotatable bonds is 4. The Morgan fingerprint density at radius 2 is 1.93 bits per heavy atom. The van der Waals surface area contributed by atoms with Crippen LogP contribution >= 0.6 is 11.3 Å². The van der Waals surface area contributed by atoms with Crippen molar-refractivity contribution in [2.75, 3.05) is 11.9 Å². The maximum Gasteiger partial charge on any atom is 0.573 e. The number of furan rings is 1. The van der Waals surface area contributed by atoms with Crippen LogP contribution in [0.5, 0.6) is 5.75 Å². The fourth-order valence-corrected chi connectivity index (χ4v) is 3.99. The van der Waals surface area contributed by atoms with Crippen LogP contribution in [0.3, 0.4) is 0 Å². The highest BCUT2D eigenvalue weighted by atomic mass is 32.1. The Bertz CT molecular complexity index is 1060. The minimum absolute atomic E-state index is 0.256. The number of amides is 2. The van der Waals surface area contributed by atoms with Gasteiger partial charge in [0.1, 0.15) is 12.0 Å². The molecule has 0 radical (unpaired) electrons. The van der Waals surface area contributed by atoms with Crippen molar-refractivity contribution in [3.63, 3.8) is 0 Å². The lowest BCUT2D eigenvalue weighted by atomic mass is 10.1. The number of hydrogen-bond acceptors (Lipinski definition) is 6. The number of alkyl halides is 3. The molecule has 2 aromatic heterocycles. The van der Waals surface area contributed by atoms with Crippen LogP contribution < -0.4 is 10.1 Å². The molecule has 0 saturated heterocycles. The molecule has 0 unspecified atom stereocenters. The molecule has 30 heavy (non-hydrogen) atoms. The number of halogens is 3.